The van der Waals surface area contributed by atoms with Crippen molar-refractivity contribution in [2.45, 2.75) is 38.4 Å². The summed E-state index contributed by atoms with van der Waals surface area (Å²) in [7, 11) is 1.56. The number of hydrogen-bond acceptors (Lipinski definition) is 3. The third-order valence-electron chi connectivity index (χ3n) is 2.90. The molecule has 13 heavy (non-hydrogen) atoms. The van der Waals surface area contributed by atoms with Gasteiger partial charge in [0.25, 0.3) is 0 Å². The first-order valence-electron chi connectivity index (χ1n) is 4.52. The Labute approximate surface area is 77.5 Å². The van der Waals surface area contributed by atoms with E-state index in [0.717, 1.165) is 19.3 Å². The number of methoxy groups -OCH3 is 1. The lowest BCUT2D eigenvalue weighted by Crippen LogP contribution is -2.39. The van der Waals surface area contributed by atoms with Crippen LogP contribution in [-0.4, -0.2) is 35.5 Å². The molecule has 2 unspecified atom stereocenters. The molecular formula is C9H16O4. The van der Waals surface area contributed by atoms with Crippen molar-refractivity contribution >= 4 is 5.97 Å². The second kappa shape index (κ2) is 3.64. The third-order valence-corrected chi connectivity index (χ3v) is 2.90. The molecule has 0 aromatic carbocycles. The third kappa shape index (κ3) is 1.69. The van der Waals surface area contributed by atoms with Crippen LogP contribution in [0.1, 0.15) is 26.2 Å². The number of hydrogen-bond donors (Lipinski definition) is 2. The molecule has 1 aliphatic rings. The van der Waals surface area contributed by atoms with Crippen molar-refractivity contribution in [2.75, 3.05) is 7.11 Å². The largest absolute Gasteiger partial charge is 0.479 e. The SMILES string of the molecule is CCC(OC)C1(C(O)C(=O)O)CC1. The van der Waals surface area contributed by atoms with Gasteiger partial charge >= 0.3 is 5.97 Å². The van der Waals surface area contributed by atoms with Crippen molar-refractivity contribution in [1.82, 2.24) is 0 Å². The molecule has 1 rings (SSSR count). The molecule has 0 bridgehead atoms. The molecule has 0 heterocycles. The molecule has 4 heteroatoms. The van der Waals surface area contributed by atoms with E-state index in [1.807, 2.05) is 6.92 Å². The second-order valence-corrected chi connectivity index (χ2v) is 3.61. The highest BCUT2D eigenvalue weighted by Gasteiger charge is 2.57. The fraction of sp³-hybridized carbons (Fsp3) is 0.889. The van der Waals surface area contributed by atoms with Crippen molar-refractivity contribution < 1.29 is 19.7 Å². The zero-order valence-corrected chi connectivity index (χ0v) is 7.99. The number of rotatable bonds is 5. The van der Waals surface area contributed by atoms with Crippen LogP contribution in [0.4, 0.5) is 0 Å². The standard InChI is InChI=1S/C9H16O4/c1-3-6(13-2)9(4-5-9)7(10)8(11)12/h6-7,10H,3-5H2,1-2H3,(H,11,12). The zero-order valence-electron chi connectivity index (χ0n) is 7.99. The van der Waals surface area contributed by atoms with Crippen molar-refractivity contribution in [2.24, 2.45) is 5.41 Å². The maximum absolute atomic E-state index is 10.6. The monoisotopic (exact) mass is 188 g/mol. The van der Waals surface area contributed by atoms with Crippen LogP contribution in [0, 0.1) is 5.41 Å². The first-order valence-corrected chi connectivity index (χ1v) is 4.52. The topological polar surface area (TPSA) is 66.8 Å². The van der Waals surface area contributed by atoms with E-state index >= 15 is 0 Å². The van der Waals surface area contributed by atoms with Crippen LogP contribution in [0.2, 0.25) is 0 Å². The van der Waals surface area contributed by atoms with Gasteiger partial charge in [-0.15, -0.1) is 0 Å². The van der Waals surface area contributed by atoms with Crippen LogP contribution in [0.15, 0.2) is 0 Å². The van der Waals surface area contributed by atoms with Crippen molar-refractivity contribution in [3.63, 3.8) is 0 Å². The second-order valence-electron chi connectivity index (χ2n) is 3.61. The van der Waals surface area contributed by atoms with E-state index in [4.69, 9.17) is 9.84 Å². The van der Waals surface area contributed by atoms with Crippen LogP contribution < -0.4 is 0 Å². The molecule has 2 atom stereocenters. The number of carbonyl (C=O) groups is 1. The molecule has 76 valence electrons. The summed E-state index contributed by atoms with van der Waals surface area (Å²) in [6, 6.07) is 0. The van der Waals surface area contributed by atoms with Gasteiger partial charge in [0.15, 0.2) is 6.10 Å². The molecule has 2 N–H and O–H groups in total. The zero-order chi connectivity index (χ0) is 10.1. The van der Waals surface area contributed by atoms with E-state index in [1.165, 1.54) is 0 Å². The lowest BCUT2D eigenvalue weighted by molar-refractivity contribution is -0.155. The molecule has 4 nitrogen and oxygen atoms in total. The van der Waals surface area contributed by atoms with Crippen molar-refractivity contribution in [3.05, 3.63) is 0 Å². The molecule has 0 amide bonds. The van der Waals surface area contributed by atoms with Crippen molar-refractivity contribution in [3.8, 4) is 0 Å². The van der Waals surface area contributed by atoms with Gasteiger partial charge in [-0.3, -0.25) is 0 Å². The molecule has 1 aliphatic carbocycles. The minimum Gasteiger partial charge on any atom is -0.479 e. The molecule has 0 spiro atoms. The van der Waals surface area contributed by atoms with Gasteiger partial charge in [-0.2, -0.15) is 0 Å². The molecule has 0 aromatic heterocycles. The number of carboxylic acid groups (broad SMARTS) is 1. The molecule has 0 aliphatic heterocycles. The summed E-state index contributed by atoms with van der Waals surface area (Å²) in [4.78, 5) is 10.6. The summed E-state index contributed by atoms with van der Waals surface area (Å²) in [5.41, 5.74) is -0.519. The predicted octanol–water partition coefficient (Wildman–Crippen LogP) is 0.637. The minimum absolute atomic E-state index is 0.140. The van der Waals surface area contributed by atoms with Gasteiger partial charge in [0, 0.05) is 12.5 Å². The van der Waals surface area contributed by atoms with E-state index in [2.05, 4.69) is 0 Å². The summed E-state index contributed by atoms with van der Waals surface area (Å²) in [5, 5.41) is 18.2. The Kier molecular flexibility index (Phi) is 2.93. The van der Waals surface area contributed by atoms with Gasteiger partial charge in [0.2, 0.25) is 0 Å². The maximum Gasteiger partial charge on any atom is 0.333 e. The first-order chi connectivity index (χ1) is 6.08. The smallest absolute Gasteiger partial charge is 0.333 e. The normalized spacial score (nSPS) is 23.6. The first kappa shape index (κ1) is 10.5. The molecule has 1 saturated carbocycles. The fourth-order valence-corrected chi connectivity index (χ4v) is 1.97. The molecule has 0 saturated heterocycles. The quantitative estimate of drug-likeness (QED) is 0.664. The van der Waals surface area contributed by atoms with Gasteiger partial charge in [0.1, 0.15) is 0 Å². The Bertz CT molecular complexity index is 194. The number of aliphatic hydroxyl groups is 1. The van der Waals surface area contributed by atoms with Crippen molar-refractivity contribution in [1.29, 1.82) is 0 Å². The average Bonchev–Trinajstić information content (AvgIpc) is 2.87. The van der Waals surface area contributed by atoms with E-state index in [0.29, 0.717) is 0 Å². The van der Waals surface area contributed by atoms with Crippen LogP contribution in [0.5, 0.6) is 0 Å². The molecule has 0 aromatic rings. The van der Waals surface area contributed by atoms with E-state index in [9.17, 15) is 9.90 Å². The van der Waals surface area contributed by atoms with Gasteiger partial charge in [0.05, 0.1) is 6.10 Å². The Balaban J connectivity index is 2.69. The lowest BCUT2D eigenvalue weighted by Gasteiger charge is -2.26. The summed E-state index contributed by atoms with van der Waals surface area (Å²) >= 11 is 0. The summed E-state index contributed by atoms with van der Waals surface area (Å²) < 4.78 is 5.17. The van der Waals surface area contributed by atoms with Crippen LogP contribution in [-0.2, 0) is 9.53 Å². The fourth-order valence-electron chi connectivity index (χ4n) is 1.97. The van der Waals surface area contributed by atoms with Gasteiger partial charge < -0.3 is 14.9 Å². The highest BCUT2D eigenvalue weighted by Crippen LogP contribution is 2.53. The number of ether oxygens (including phenoxy) is 1. The predicted molar refractivity (Wildman–Crippen MR) is 46.4 cm³/mol. The molecule has 0 radical (unpaired) electrons. The molecule has 1 fully saturated rings. The highest BCUT2D eigenvalue weighted by atomic mass is 16.5. The summed E-state index contributed by atoms with van der Waals surface area (Å²) in [6.45, 7) is 1.93. The van der Waals surface area contributed by atoms with Gasteiger partial charge in [-0.25, -0.2) is 4.79 Å². The van der Waals surface area contributed by atoms with E-state index in [1.54, 1.807) is 7.11 Å². The molecular weight excluding hydrogens is 172 g/mol. The van der Waals surface area contributed by atoms with Gasteiger partial charge in [-0.1, -0.05) is 6.92 Å². The van der Waals surface area contributed by atoms with E-state index < -0.39 is 17.5 Å². The summed E-state index contributed by atoms with van der Waals surface area (Å²) in [6.07, 6.45) is 0.802. The average molecular weight is 188 g/mol. The van der Waals surface area contributed by atoms with Gasteiger partial charge in [-0.05, 0) is 19.3 Å². The maximum atomic E-state index is 10.6. The Hall–Kier alpha value is -0.610. The highest BCUT2D eigenvalue weighted by molar-refractivity contribution is 5.74. The van der Waals surface area contributed by atoms with Crippen LogP contribution in [0.3, 0.4) is 0 Å². The number of carboxylic acids is 1. The lowest BCUT2D eigenvalue weighted by atomic mass is 9.90. The Morgan fingerprint density at radius 2 is 2.15 bits per heavy atom. The Morgan fingerprint density at radius 3 is 2.38 bits per heavy atom. The van der Waals surface area contributed by atoms with E-state index in [-0.39, 0.29) is 6.10 Å². The minimum atomic E-state index is -1.28. The Morgan fingerprint density at radius 1 is 1.62 bits per heavy atom. The van der Waals surface area contributed by atoms with Crippen LogP contribution >= 0.6 is 0 Å². The number of aliphatic hydroxyl groups excluding tert-OH is 1. The summed E-state index contributed by atoms with van der Waals surface area (Å²) in [5.74, 6) is -1.15. The number of aliphatic carboxylic acids is 1. The van der Waals surface area contributed by atoms with Crippen LogP contribution in [0.25, 0.3) is 0 Å².